The zero-order valence-electron chi connectivity index (χ0n) is 17.6. The predicted molar refractivity (Wildman–Crippen MR) is 120 cm³/mol. The molecule has 1 atom stereocenters. The van der Waals surface area contributed by atoms with Crippen LogP contribution in [0.25, 0.3) is 0 Å². The Morgan fingerprint density at radius 1 is 1.19 bits per heavy atom. The number of nitrogens with zero attached hydrogens (tertiary/aromatic N) is 1. The Morgan fingerprint density at radius 3 is 2.72 bits per heavy atom. The quantitative estimate of drug-likeness (QED) is 0.681. The van der Waals surface area contributed by atoms with Crippen LogP contribution in [0.3, 0.4) is 0 Å². The fraction of sp³-hybridized carbons (Fsp3) is 0.409. The fourth-order valence-electron chi connectivity index (χ4n) is 4.01. The molecule has 1 amide bonds. The van der Waals surface area contributed by atoms with Gasteiger partial charge in [-0.25, -0.2) is 8.42 Å². The number of anilines is 1. The van der Waals surface area contributed by atoms with E-state index in [2.05, 4.69) is 4.72 Å². The van der Waals surface area contributed by atoms with Crippen LogP contribution in [0.2, 0.25) is 5.02 Å². The third-order valence-corrected chi connectivity index (χ3v) is 7.17. The lowest BCUT2D eigenvalue weighted by molar-refractivity contribution is -0.0969. The summed E-state index contributed by atoms with van der Waals surface area (Å²) in [5.41, 5.74) is 0.520. The van der Waals surface area contributed by atoms with Gasteiger partial charge in [0.15, 0.2) is 6.29 Å². The van der Waals surface area contributed by atoms with E-state index in [0.29, 0.717) is 42.6 Å². The molecule has 2 heterocycles. The molecule has 0 radical (unpaired) electrons. The molecule has 0 saturated carbocycles. The van der Waals surface area contributed by atoms with Crippen LogP contribution in [-0.4, -0.2) is 58.9 Å². The van der Waals surface area contributed by atoms with Gasteiger partial charge < -0.3 is 19.1 Å². The van der Waals surface area contributed by atoms with Gasteiger partial charge in [-0.1, -0.05) is 17.7 Å². The van der Waals surface area contributed by atoms with Crippen molar-refractivity contribution < 1.29 is 27.4 Å². The zero-order chi connectivity index (χ0) is 22.7. The predicted octanol–water partition coefficient (Wildman–Crippen LogP) is 3.37. The highest BCUT2D eigenvalue weighted by atomic mass is 35.5. The molecule has 0 bridgehead atoms. The summed E-state index contributed by atoms with van der Waals surface area (Å²) >= 11 is 6.00. The van der Waals surface area contributed by atoms with Crippen LogP contribution >= 0.6 is 11.6 Å². The van der Waals surface area contributed by atoms with Gasteiger partial charge in [-0.2, -0.15) is 0 Å². The van der Waals surface area contributed by atoms with Crippen molar-refractivity contribution in [1.82, 2.24) is 4.90 Å². The van der Waals surface area contributed by atoms with Gasteiger partial charge in [0.1, 0.15) is 5.75 Å². The van der Waals surface area contributed by atoms with E-state index in [-0.39, 0.29) is 28.7 Å². The van der Waals surface area contributed by atoms with E-state index < -0.39 is 10.0 Å². The van der Waals surface area contributed by atoms with Crippen molar-refractivity contribution in [3.8, 4) is 5.75 Å². The average Bonchev–Trinajstić information content (AvgIpc) is 3.34. The number of hydrogen-bond acceptors (Lipinski definition) is 6. The lowest BCUT2D eigenvalue weighted by Gasteiger charge is -2.34. The van der Waals surface area contributed by atoms with Crippen molar-refractivity contribution in [2.75, 3.05) is 38.1 Å². The molecular weight excluding hydrogens is 456 g/mol. The smallest absolute Gasteiger partial charge is 0.262 e. The first kappa shape index (κ1) is 22.8. The summed E-state index contributed by atoms with van der Waals surface area (Å²) in [4.78, 5) is 14.8. The first-order valence-corrected chi connectivity index (χ1v) is 12.2. The number of nitrogens with one attached hydrogen (secondary N) is 1. The number of carbonyl (C=O) groups is 1. The highest BCUT2D eigenvalue weighted by molar-refractivity contribution is 7.92. The normalized spacial score (nSPS) is 19.7. The Kier molecular flexibility index (Phi) is 6.90. The molecule has 0 aromatic heterocycles. The maximum atomic E-state index is 13.1. The van der Waals surface area contributed by atoms with E-state index in [1.807, 2.05) is 0 Å². The number of benzene rings is 2. The molecule has 2 aliphatic rings. The van der Waals surface area contributed by atoms with Crippen LogP contribution in [0.15, 0.2) is 47.4 Å². The van der Waals surface area contributed by atoms with Crippen molar-refractivity contribution in [1.29, 1.82) is 0 Å². The monoisotopic (exact) mass is 480 g/mol. The Hall–Kier alpha value is -2.33. The molecule has 1 unspecified atom stereocenters. The number of rotatable bonds is 6. The molecule has 172 valence electrons. The highest BCUT2D eigenvalue weighted by Crippen LogP contribution is 2.30. The van der Waals surface area contributed by atoms with E-state index >= 15 is 0 Å². The van der Waals surface area contributed by atoms with E-state index in [0.717, 1.165) is 12.8 Å². The van der Waals surface area contributed by atoms with Gasteiger partial charge in [-0.3, -0.25) is 9.52 Å². The Bertz CT molecular complexity index is 1090. The van der Waals surface area contributed by atoms with E-state index in [1.165, 1.54) is 25.3 Å². The number of piperidine rings is 1. The standard InChI is InChI=1S/C22H25ClN2O6S/c1-29-20-8-7-17(23)13-19(20)24-32(27,28)18-6-2-4-15(12-18)21(26)25-9-3-5-16(14-25)22-30-10-11-31-22/h2,4,6-8,12-13,16,22,24H,3,5,9-11,14H2,1H3. The van der Waals surface area contributed by atoms with Gasteiger partial charge in [0.2, 0.25) is 0 Å². The largest absolute Gasteiger partial charge is 0.495 e. The third kappa shape index (κ3) is 5.01. The van der Waals surface area contributed by atoms with Gasteiger partial charge >= 0.3 is 0 Å². The SMILES string of the molecule is COc1ccc(Cl)cc1NS(=O)(=O)c1cccc(C(=O)N2CCCC(C3OCCO3)C2)c1. The minimum atomic E-state index is -3.97. The summed E-state index contributed by atoms with van der Waals surface area (Å²) in [5.74, 6) is 0.227. The highest BCUT2D eigenvalue weighted by Gasteiger charge is 2.33. The van der Waals surface area contributed by atoms with Gasteiger partial charge in [0.05, 0.1) is 30.9 Å². The molecule has 2 aromatic carbocycles. The molecule has 0 aliphatic carbocycles. The Balaban J connectivity index is 1.52. The molecular formula is C22H25ClN2O6S. The van der Waals surface area contributed by atoms with Crippen LogP contribution in [0.4, 0.5) is 5.69 Å². The van der Waals surface area contributed by atoms with Crippen molar-refractivity contribution in [3.05, 3.63) is 53.1 Å². The summed E-state index contributed by atoms with van der Waals surface area (Å²) < 4.78 is 44.9. The van der Waals surface area contributed by atoms with Crippen molar-refractivity contribution in [2.45, 2.75) is 24.0 Å². The second-order valence-electron chi connectivity index (χ2n) is 7.74. The summed E-state index contributed by atoms with van der Waals surface area (Å²) in [5, 5.41) is 0.363. The average molecular weight is 481 g/mol. The summed E-state index contributed by atoms with van der Waals surface area (Å²) in [6.07, 6.45) is 1.48. The molecule has 8 nitrogen and oxygen atoms in total. The van der Waals surface area contributed by atoms with Crippen LogP contribution in [0, 0.1) is 5.92 Å². The van der Waals surface area contributed by atoms with E-state index in [9.17, 15) is 13.2 Å². The maximum absolute atomic E-state index is 13.1. The molecule has 0 spiro atoms. The van der Waals surface area contributed by atoms with Crippen molar-refractivity contribution in [3.63, 3.8) is 0 Å². The first-order chi connectivity index (χ1) is 15.4. The molecule has 1 N–H and O–H groups in total. The van der Waals surface area contributed by atoms with Crippen molar-refractivity contribution in [2.24, 2.45) is 5.92 Å². The van der Waals surface area contributed by atoms with Gasteiger partial charge in [-0.05, 0) is 49.2 Å². The number of sulfonamides is 1. The summed E-state index contributed by atoms with van der Waals surface area (Å²) in [6.45, 7) is 2.26. The number of likely N-dealkylation sites (tertiary alicyclic amines) is 1. The number of halogens is 1. The lowest BCUT2D eigenvalue weighted by atomic mass is 9.96. The molecule has 10 heteroatoms. The number of methoxy groups -OCH3 is 1. The minimum Gasteiger partial charge on any atom is -0.495 e. The lowest BCUT2D eigenvalue weighted by Crippen LogP contribution is -2.43. The van der Waals surface area contributed by atoms with Gasteiger partial charge in [0.25, 0.3) is 15.9 Å². The molecule has 2 fully saturated rings. The minimum absolute atomic E-state index is 0.0265. The maximum Gasteiger partial charge on any atom is 0.262 e. The molecule has 2 aliphatic heterocycles. The van der Waals surface area contributed by atoms with Gasteiger partial charge in [-0.15, -0.1) is 0 Å². The zero-order valence-corrected chi connectivity index (χ0v) is 19.2. The molecule has 2 aromatic rings. The first-order valence-electron chi connectivity index (χ1n) is 10.4. The number of carbonyl (C=O) groups excluding carboxylic acids is 1. The van der Waals surface area contributed by atoms with Crippen LogP contribution in [0.1, 0.15) is 23.2 Å². The second kappa shape index (κ2) is 9.66. The van der Waals surface area contributed by atoms with E-state index in [1.54, 1.807) is 29.2 Å². The fourth-order valence-corrected chi connectivity index (χ4v) is 5.29. The molecule has 2 saturated heterocycles. The Morgan fingerprint density at radius 2 is 1.97 bits per heavy atom. The third-order valence-electron chi connectivity index (χ3n) is 5.57. The van der Waals surface area contributed by atoms with Gasteiger partial charge in [0, 0.05) is 29.6 Å². The van der Waals surface area contributed by atoms with Crippen LogP contribution in [-0.2, 0) is 19.5 Å². The summed E-state index contributed by atoms with van der Waals surface area (Å²) in [6, 6.07) is 10.6. The number of ether oxygens (including phenoxy) is 3. The van der Waals surface area contributed by atoms with Crippen molar-refractivity contribution >= 4 is 33.2 Å². The molecule has 4 rings (SSSR count). The topological polar surface area (TPSA) is 94.2 Å². The number of hydrogen-bond donors (Lipinski definition) is 1. The second-order valence-corrected chi connectivity index (χ2v) is 9.86. The summed E-state index contributed by atoms with van der Waals surface area (Å²) in [7, 11) is -2.53. The van der Waals surface area contributed by atoms with Crippen LogP contribution < -0.4 is 9.46 Å². The number of amides is 1. The van der Waals surface area contributed by atoms with Crippen LogP contribution in [0.5, 0.6) is 5.75 Å². The van der Waals surface area contributed by atoms with E-state index in [4.69, 9.17) is 25.8 Å². The Labute approximate surface area is 192 Å². The molecule has 32 heavy (non-hydrogen) atoms.